The summed E-state index contributed by atoms with van der Waals surface area (Å²) >= 11 is 0. The van der Waals surface area contributed by atoms with E-state index in [0.29, 0.717) is 6.29 Å². The highest BCUT2D eigenvalue weighted by Gasteiger charge is 2.31. The molecule has 0 aromatic rings. The zero-order chi connectivity index (χ0) is 10.7. The molecule has 5 nitrogen and oxygen atoms in total. The molecule has 1 aliphatic heterocycles. The molecule has 0 aliphatic carbocycles. The van der Waals surface area contributed by atoms with E-state index in [2.05, 4.69) is 0 Å². The van der Waals surface area contributed by atoms with Crippen molar-refractivity contribution in [1.29, 1.82) is 0 Å². The molecular formula is C9H9NO4. The Hall–Kier alpha value is -1.78. The van der Waals surface area contributed by atoms with E-state index in [1.165, 1.54) is 6.92 Å². The normalized spacial score (nSPS) is 17.4. The van der Waals surface area contributed by atoms with Crippen molar-refractivity contribution >= 4 is 23.9 Å². The highest BCUT2D eigenvalue weighted by Crippen LogP contribution is 2.10. The number of nitrogens with zero attached hydrogens (tertiary/aromatic N) is 1. The fourth-order valence-corrected chi connectivity index (χ4v) is 1.23. The Labute approximate surface area is 80.4 Å². The summed E-state index contributed by atoms with van der Waals surface area (Å²) in [7, 11) is 0. The third kappa shape index (κ3) is 1.93. The summed E-state index contributed by atoms with van der Waals surface area (Å²) in [5.41, 5.74) is 0. The van der Waals surface area contributed by atoms with E-state index in [1.54, 1.807) is 0 Å². The Balaban J connectivity index is 2.79. The van der Waals surface area contributed by atoms with Crippen molar-refractivity contribution in [2.24, 2.45) is 0 Å². The zero-order valence-corrected chi connectivity index (χ0v) is 7.60. The monoisotopic (exact) mass is 195 g/mol. The smallest absolute Gasteiger partial charge is 0.254 e. The van der Waals surface area contributed by atoms with Crippen molar-refractivity contribution in [3.05, 3.63) is 12.2 Å². The third-order valence-corrected chi connectivity index (χ3v) is 1.83. The van der Waals surface area contributed by atoms with Crippen LogP contribution in [0.25, 0.3) is 0 Å². The van der Waals surface area contributed by atoms with Crippen molar-refractivity contribution in [2.45, 2.75) is 19.4 Å². The lowest BCUT2D eigenvalue weighted by molar-refractivity contribution is -0.142. The first-order chi connectivity index (χ1) is 6.56. The summed E-state index contributed by atoms with van der Waals surface area (Å²) in [6.45, 7) is 1.30. The summed E-state index contributed by atoms with van der Waals surface area (Å²) in [5.74, 6) is -1.34. The Bertz CT molecular complexity index is 314. The van der Waals surface area contributed by atoms with Gasteiger partial charge in [-0.1, -0.05) is 0 Å². The lowest BCUT2D eigenvalue weighted by atomic mass is 10.1. The van der Waals surface area contributed by atoms with Crippen LogP contribution >= 0.6 is 0 Å². The molecule has 1 atom stereocenters. The Morgan fingerprint density at radius 1 is 1.43 bits per heavy atom. The summed E-state index contributed by atoms with van der Waals surface area (Å²) in [4.78, 5) is 44.4. The van der Waals surface area contributed by atoms with Crippen LogP contribution in [0.1, 0.15) is 13.3 Å². The van der Waals surface area contributed by atoms with Crippen molar-refractivity contribution < 1.29 is 19.2 Å². The molecule has 0 bridgehead atoms. The van der Waals surface area contributed by atoms with Gasteiger partial charge >= 0.3 is 0 Å². The van der Waals surface area contributed by atoms with E-state index >= 15 is 0 Å². The molecule has 0 aromatic carbocycles. The van der Waals surface area contributed by atoms with E-state index in [1.807, 2.05) is 0 Å². The van der Waals surface area contributed by atoms with Gasteiger partial charge in [0.05, 0.1) is 0 Å². The number of hydrogen-bond donors (Lipinski definition) is 0. The van der Waals surface area contributed by atoms with Crippen LogP contribution in [0.2, 0.25) is 0 Å². The average molecular weight is 195 g/mol. The number of carbonyl (C=O) groups is 4. The largest absolute Gasteiger partial charge is 0.301 e. The van der Waals surface area contributed by atoms with E-state index < -0.39 is 17.9 Å². The highest BCUT2D eigenvalue weighted by atomic mass is 16.2. The molecule has 5 heteroatoms. The van der Waals surface area contributed by atoms with E-state index in [9.17, 15) is 19.2 Å². The molecule has 0 saturated carbocycles. The Kier molecular flexibility index (Phi) is 2.91. The molecule has 14 heavy (non-hydrogen) atoms. The van der Waals surface area contributed by atoms with E-state index in [0.717, 1.165) is 17.1 Å². The number of ketones is 1. The maximum Gasteiger partial charge on any atom is 0.254 e. The van der Waals surface area contributed by atoms with Crippen LogP contribution in [0.3, 0.4) is 0 Å². The van der Waals surface area contributed by atoms with Crippen molar-refractivity contribution in [3.63, 3.8) is 0 Å². The highest BCUT2D eigenvalue weighted by molar-refractivity contribution is 6.14. The van der Waals surface area contributed by atoms with Crippen molar-refractivity contribution in [2.75, 3.05) is 0 Å². The van der Waals surface area contributed by atoms with Gasteiger partial charge < -0.3 is 4.79 Å². The van der Waals surface area contributed by atoms with Gasteiger partial charge in [-0.2, -0.15) is 0 Å². The topological polar surface area (TPSA) is 71.5 Å². The summed E-state index contributed by atoms with van der Waals surface area (Å²) in [5, 5.41) is 0. The van der Waals surface area contributed by atoms with Crippen LogP contribution < -0.4 is 0 Å². The minimum absolute atomic E-state index is 0.122. The average Bonchev–Trinajstić information content (AvgIpc) is 2.43. The molecule has 0 saturated heterocycles. The second-order valence-corrected chi connectivity index (χ2v) is 2.99. The fraction of sp³-hybridized carbons (Fsp3) is 0.333. The quantitative estimate of drug-likeness (QED) is 0.446. The van der Waals surface area contributed by atoms with Crippen LogP contribution in [-0.4, -0.2) is 34.8 Å². The Morgan fingerprint density at radius 3 is 2.29 bits per heavy atom. The number of imide groups is 1. The van der Waals surface area contributed by atoms with Gasteiger partial charge in [-0.3, -0.25) is 19.3 Å². The molecule has 1 aliphatic rings. The molecule has 1 rings (SSSR count). The summed E-state index contributed by atoms with van der Waals surface area (Å²) in [6.07, 6.45) is 2.48. The first-order valence-corrected chi connectivity index (χ1v) is 4.06. The standard InChI is InChI=1S/C9H9NO4/c1-6(12)4-7(5-11)10-8(13)2-3-9(10)14/h2-3,5,7H,4H2,1H3. The van der Waals surface area contributed by atoms with Crippen LogP contribution in [0.4, 0.5) is 0 Å². The first kappa shape index (κ1) is 10.3. The van der Waals surface area contributed by atoms with Crippen LogP contribution in [-0.2, 0) is 19.2 Å². The van der Waals surface area contributed by atoms with Crippen molar-refractivity contribution in [3.8, 4) is 0 Å². The maximum atomic E-state index is 11.1. The molecule has 1 heterocycles. The molecule has 2 amide bonds. The van der Waals surface area contributed by atoms with Gasteiger partial charge in [0.25, 0.3) is 11.8 Å². The van der Waals surface area contributed by atoms with E-state index in [-0.39, 0.29) is 12.2 Å². The number of carbonyl (C=O) groups excluding carboxylic acids is 4. The van der Waals surface area contributed by atoms with Gasteiger partial charge in [0.15, 0.2) is 0 Å². The van der Waals surface area contributed by atoms with Gasteiger partial charge in [0.1, 0.15) is 18.1 Å². The van der Waals surface area contributed by atoms with Gasteiger partial charge in [0, 0.05) is 18.6 Å². The fourth-order valence-electron chi connectivity index (χ4n) is 1.23. The number of amides is 2. The molecule has 74 valence electrons. The molecule has 0 fully saturated rings. The van der Waals surface area contributed by atoms with Crippen LogP contribution in [0.5, 0.6) is 0 Å². The van der Waals surface area contributed by atoms with E-state index in [4.69, 9.17) is 0 Å². The number of aldehydes is 1. The van der Waals surface area contributed by atoms with Gasteiger partial charge in [-0.05, 0) is 6.92 Å². The first-order valence-electron chi connectivity index (χ1n) is 4.06. The van der Waals surface area contributed by atoms with Gasteiger partial charge in [-0.25, -0.2) is 0 Å². The van der Waals surface area contributed by atoms with Gasteiger partial charge in [0.2, 0.25) is 0 Å². The number of Topliss-reactive ketones (excluding diaryl/α,β-unsaturated/α-hetero) is 1. The second kappa shape index (κ2) is 3.95. The molecule has 0 radical (unpaired) electrons. The summed E-state index contributed by atoms with van der Waals surface area (Å²) in [6, 6.07) is -0.970. The van der Waals surface area contributed by atoms with Crippen LogP contribution in [0.15, 0.2) is 12.2 Å². The molecule has 1 unspecified atom stereocenters. The molecule has 0 aromatic heterocycles. The second-order valence-electron chi connectivity index (χ2n) is 2.99. The lowest BCUT2D eigenvalue weighted by Gasteiger charge is -2.19. The van der Waals surface area contributed by atoms with Crippen LogP contribution in [0, 0.1) is 0 Å². The SMILES string of the molecule is CC(=O)CC(C=O)N1C(=O)C=CC1=O. The number of rotatable bonds is 4. The summed E-state index contributed by atoms with van der Waals surface area (Å²) < 4.78 is 0. The zero-order valence-electron chi connectivity index (χ0n) is 7.60. The Morgan fingerprint density at radius 2 is 1.93 bits per heavy atom. The molecule has 0 N–H and O–H groups in total. The third-order valence-electron chi connectivity index (χ3n) is 1.83. The minimum Gasteiger partial charge on any atom is -0.301 e. The van der Waals surface area contributed by atoms with Gasteiger partial charge in [-0.15, -0.1) is 0 Å². The maximum absolute atomic E-state index is 11.1. The molecular weight excluding hydrogens is 186 g/mol. The molecule has 0 spiro atoms. The number of hydrogen-bond acceptors (Lipinski definition) is 4. The minimum atomic E-state index is -0.970. The predicted octanol–water partition coefficient (Wildman–Crippen LogP) is -0.542. The predicted molar refractivity (Wildman–Crippen MR) is 46.1 cm³/mol. The lowest BCUT2D eigenvalue weighted by Crippen LogP contribution is -2.42. The van der Waals surface area contributed by atoms with Crippen molar-refractivity contribution in [1.82, 2.24) is 4.90 Å².